The zero-order valence-electron chi connectivity index (χ0n) is 47.7. The summed E-state index contributed by atoms with van der Waals surface area (Å²) >= 11 is 0. The molecule has 11 aromatic rings. The van der Waals surface area contributed by atoms with Crippen LogP contribution in [-0.4, -0.2) is 111 Å². The predicted octanol–water partition coefficient (Wildman–Crippen LogP) is 11.8. The van der Waals surface area contributed by atoms with Gasteiger partial charge in [-0.05, 0) is 118 Å². The maximum Gasteiger partial charge on any atom is 0.223 e. The lowest BCUT2D eigenvalue weighted by Gasteiger charge is -2.12. The van der Waals surface area contributed by atoms with Crippen molar-refractivity contribution < 1.29 is 9.47 Å². The van der Waals surface area contributed by atoms with E-state index in [-0.39, 0.29) is 0 Å². The van der Waals surface area contributed by atoms with E-state index >= 15 is 0 Å². The van der Waals surface area contributed by atoms with Crippen LogP contribution in [0.3, 0.4) is 0 Å². The SMILES string of the molecule is CN(C)CCCCCNc1ncc2c(n1)-c1cccnc1Nc1cnccc1-2.COc1ccc(CNc2ncc3c(n2)-c2cccnc2Nc2cnccc2-3)cc1OC.c1ccc(CNc2ncc3c(n2)-c2cccnc2Nc2cnccc2-3)nc1. The van der Waals surface area contributed by atoms with E-state index in [0.717, 1.165) is 132 Å². The molecule has 0 saturated carbocycles. The molecule has 0 saturated heterocycles. The maximum absolute atomic E-state index is 5.39. The van der Waals surface area contributed by atoms with Crippen LogP contribution in [0.25, 0.3) is 67.2 Å². The normalized spacial score (nSPS) is 11.5. The molecule has 10 aromatic heterocycles. The molecule has 1 aromatic carbocycles. The highest BCUT2D eigenvalue weighted by atomic mass is 16.5. The first-order valence-corrected chi connectivity index (χ1v) is 28.0. The number of fused-ring (bicyclic) bond motifs is 15. The van der Waals surface area contributed by atoms with Gasteiger partial charge in [0.25, 0.3) is 0 Å². The van der Waals surface area contributed by atoms with Gasteiger partial charge in [0, 0.05) is 125 Å². The Bertz CT molecular complexity index is 4170. The third-order valence-electron chi connectivity index (χ3n) is 14.3. The first kappa shape index (κ1) is 55.4. The minimum absolute atomic E-state index is 0.529. The lowest BCUT2D eigenvalue weighted by Crippen LogP contribution is -2.13. The molecule has 13 heterocycles. The number of rotatable bonds is 15. The average Bonchev–Trinajstić information content (AvgIpc) is 2.33. The zero-order valence-corrected chi connectivity index (χ0v) is 47.7. The van der Waals surface area contributed by atoms with Crippen LogP contribution in [0, 0.1) is 0 Å². The van der Waals surface area contributed by atoms with Crippen molar-refractivity contribution in [3.8, 4) is 78.7 Å². The van der Waals surface area contributed by atoms with Gasteiger partial charge in [0.15, 0.2) is 11.5 Å². The predicted molar refractivity (Wildman–Crippen MR) is 335 cm³/mol. The van der Waals surface area contributed by atoms with Crippen LogP contribution < -0.4 is 41.4 Å². The molecule has 0 bridgehead atoms. The number of unbranched alkanes of at least 4 members (excludes halogenated alkanes) is 2. The number of nitrogens with zero attached hydrogens (tertiary/aromatic N) is 14. The Hall–Kier alpha value is -11.1. The highest BCUT2D eigenvalue weighted by molar-refractivity contribution is 5.98. The second kappa shape index (κ2) is 26.0. The number of methoxy groups -OCH3 is 2. The number of benzene rings is 1. The van der Waals surface area contributed by atoms with Crippen molar-refractivity contribution in [1.82, 2.24) is 69.7 Å². The summed E-state index contributed by atoms with van der Waals surface area (Å²) in [4.78, 5) is 60.7. The maximum atomic E-state index is 5.39. The number of pyridine rings is 7. The minimum Gasteiger partial charge on any atom is -0.493 e. The largest absolute Gasteiger partial charge is 0.493 e. The highest BCUT2D eigenvalue weighted by Gasteiger charge is 2.25. The van der Waals surface area contributed by atoms with Crippen molar-refractivity contribution in [2.75, 3.05) is 73.3 Å². The van der Waals surface area contributed by atoms with Crippen LogP contribution in [-0.2, 0) is 13.1 Å². The summed E-state index contributed by atoms with van der Waals surface area (Å²) in [7, 11) is 7.46. The van der Waals surface area contributed by atoms with Gasteiger partial charge < -0.3 is 46.3 Å². The van der Waals surface area contributed by atoms with Gasteiger partial charge in [-0.25, -0.2) is 44.9 Å². The molecule has 0 unspecified atom stereocenters. The highest BCUT2D eigenvalue weighted by Crippen LogP contribution is 2.45. The molecular weight excluding hydrogens is 1080 g/mol. The molecule has 0 radical (unpaired) electrons. The van der Waals surface area contributed by atoms with Gasteiger partial charge in [0.1, 0.15) is 17.5 Å². The zero-order chi connectivity index (χ0) is 58.6. The average molecular weight is 1140 g/mol. The standard InChI is InChI=1S/C23H20N6O2.C21H25N7.C20H15N7/c1-30-19-6-5-14(10-20(19)31-2)11-26-23-27-12-17-15-7-9-24-13-18(15)28-22-16(21(17)29-23)4-3-8-25-22;1-28(2)12-5-3-4-9-24-21-25-13-17-15-8-11-22-14-18(15)26-20-16(19(17)27-21)7-6-10-23-20;1-2-7-22-13(4-1)10-24-20-25-11-16-14-6-9-21-12-17(14)26-19-15(18(16)27-20)5-3-8-23-19/h3-10,12-13H,11H2,1-2H3,(H,25,28)(H,26,27,29);6-8,10-11,13-14H,3-5,9,12H2,1-2H3,(H,23,26)(H,24,25,27);1-9,11-12H,10H2,(H,23,26)(H,24,25,27). The molecule has 3 aliphatic rings. The quantitative estimate of drug-likeness (QED) is 0.0521. The van der Waals surface area contributed by atoms with Crippen LogP contribution in [0.1, 0.15) is 30.5 Å². The van der Waals surface area contributed by atoms with E-state index in [0.29, 0.717) is 42.4 Å². The number of aromatic nitrogens is 13. The monoisotopic (exact) mass is 1140 g/mol. The Kier molecular flexibility index (Phi) is 16.7. The molecule has 0 amide bonds. The molecule has 0 spiro atoms. The van der Waals surface area contributed by atoms with E-state index in [4.69, 9.17) is 24.4 Å². The van der Waals surface area contributed by atoms with Crippen LogP contribution in [0.5, 0.6) is 11.5 Å². The third kappa shape index (κ3) is 12.5. The van der Waals surface area contributed by atoms with Gasteiger partial charge in [-0.2, -0.15) is 0 Å². The van der Waals surface area contributed by atoms with Crippen molar-refractivity contribution >= 4 is 52.4 Å². The van der Waals surface area contributed by atoms with E-state index < -0.39 is 0 Å². The van der Waals surface area contributed by atoms with Crippen molar-refractivity contribution in [2.24, 2.45) is 0 Å². The second-order valence-electron chi connectivity index (χ2n) is 20.2. The number of hydrogen-bond donors (Lipinski definition) is 6. The molecule has 86 heavy (non-hydrogen) atoms. The molecule has 0 fully saturated rings. The molecule has 3 aliphatic heterocycles. The van der Waals surface area contributed by atoms with E-state index in [1.165, 1.54) is 12.8 Å². The Morgan fingerprint density at radius 3 is 1.35 bits per heavy atom. The van der Waals surface area contributed by atoms with Gasteiger partial charge >= 0.3 is 0 Å². The second-order valence-corrected chi connectivity index (χ2v) is 20.2. The third-order valence-corrected chi connectivity index (χ3v) is 14.3. The molecule has 0 aliphatic carbocycles. The lowest BCUT2D eigenvalue weighted by atomic mass is 10.0. The molecule has 22 heteroatoms. The first-order valence-electron chi connectivity index (χ1n) is 28.0. The first-order chi connectivity index (χ1) is 42.4. The van der Waals surface area contributed by atoms with Crippen LogP contribution in [0.15, 0.2) is 172 Å². The lowest BCUT2D eigenvalue weighted by molar-refractivity contribution is 0.354. The topological polar surface area (TPSA) is 261 Å². The fourth-order valence-electron chi connectivity index (χ4n) is 10.0. The molecular formula is C64H60N20O2. The molecule has 428 valence electrons. The smallest absolute Gasteiger partial charge is 0.223 e. The van der Waals surface area contributed by atoms with Crippen molar-refractivity contribution in [1.29, 1.82) is 0 Å². The van der Waals surface area contributed by atoms with Crippen LogP contribution in [0.2, 0.25) is 0 Å². The number of ether oxygens (including phenoxy) is 2. The molecule has 22 nitrogen and oxygen atoms in total. The van der Waals surface area contributed by atoms with E-state index in [9.17, 15) is 0 Å². The Morgan fingerprint density at radius 2 is 0.884 bits per heavy atom. The Labute approximate surface area is 496 Å². The fraction of sp³-hybridized carbons (Fsp3) is 0.172. The van der Waals surface area contributed by atoms with E-state index in [2.05, 4.69) is 101 Å². The van der Waals surface area contributed by atoms with Gasteiger partial charge in [0.05, 0.1) is 79.2 Å². The van der Waals surface area contributed by atoms with Crippen LogP contribution in [0.4, 0.5) is 52.4 Å². The minimum atomic E-state index is 0.529. The summed E-state index contributed by atoms with van der Waals surface area (Å²) in [5, 5.41) is 20.0. The van der Waals surface area contributed by atoms with E-state index in [1.54, 1.807) is 70.0 Å². The number of nitrogens with one attached hydrogen (secondary N) is 6. The summed E-state index contributed by atoms with van der Waals surface area (Å²) in [6, 6.07) is 29.3. The van der Waals surface area contributed by atoms with E-state index in [1.807, 2.05) is 116 Å². The molecule has 6 N–H and O–H groups in total. The summed E-state index contributed by atoms with van der Waals surface area (Å²) < 4.78 is 10.7. The Morgan fingerprint density at radius 1 is 0.407 bits per heavy atom. The number of hydrogen-bond acceptors (Lipinski definition) is 22. The van der Waals surface area contributed by atoms with Gasteiger partial charge in [-0.3, -0.25) is 19.9 Å². The summed E-state index contributed by atoms with van der Waals surface area (Å²) in [6.07, 6.45) is 26.8. The fourth-order valence-corrected chi connectivity index (χ4v) is 10.0. The molecule has 0 atom stereocenters. The van der Waals surface area contributed by atoms with Gasteiger partial charge in [0.2, 0.25) is 17.8 Å². The van der Waals surface area contributed by atoms with Gasteiger partial charge in [-0.1, -0.05) is 18.6 Å². The summed E-state index contributed by atoms with van der Waals surface area (Å²) in [6.45, 7) is 3.08. The van der Waals surface area contributed by atoms with Crippen molar-refractivity contribution in [2.45, 2.75) is 32.4 Å². The van der Waals surface area contributed by atoms with Crippen molar-refractivity contribution in [3.05, 3.63) is 183 Å². The summed E-state index contributed by atoms with van der Waals surface area (Å²) in [5.74, 6) is 5.37. The van der Waals surface area contributed by atoms with Crippen molar-refractivity contribution in [3.63, 3.8) is 0 Å². The summed E-state index contributed by atoms with van der Waals surface area (Å²) in [5.41, 5.74) is 15.8. The van der Waals surface area contributed by atoms with Gasteiger partial charge in [-0.15, -0.1) is 0 Å². The number of anilines is 9. The Balaban J connectivity index is 0.000000127. The van der Waals surface area contributed by atoms with Crippen LogP contribution >= 0.6 is 0 Å². The molecule has 14 rings (SSSR count).